The number of hydrogen-bond donors (Lipinski definition) is 1. The van der Waals surface area contributed by atoms with E-state index in [0.29, 0.717) is 17.6 Å². The molecule has 6 nitrogen and oxygen atoms in total. The molecular weight excluding hydrogens is 433 g/mol. The minimum atomic E-state index is -4.58. The lowest BCUT2D eigenvalue weighted by molar-refractivity contribution is -0.137. The van der Waals surface area contributed by atoms with Crippen LogP contribution in [-0.2, 0) is 6.18 Å². The first-order chi connectivity index (χ1) is 15.8. The van der Waals surface area contributed by atoms with Gasteiger partial charge in [0.25, 0.3) is 11.5 Å². The van der Waals surface area contributed by atoms with Crippen molar-refractivity contribution in [2.75, 3.05) is 6.54 Å². The number of fused-ring (bicyclic) bond motifs is 1. The topological polar surface area (TPSA) is 87.8 Å². The van der Waals surface area contributed by atoms with Gasteiger partial charge in [-0.25, -0.2) is 4.98 Å². The van der Waals surface area contributed by atoms with E-state index >= 15 is 0 Å². The summed E-state index contributed by atoms with van der Waals surface area (Å²) in [5, 5.41) is 11.8. The number of nitrogens with one attached hydrogen (secondary N) is 1. The number of hydrogen-bond acceptors (Lipinski definition) is 4. The van der Waals surface area contributed by atoms with Gasteiger partial charge in [-0.3, -0.25) is 14.2 Å². The summed E-state index contributed by atoms with van der Waals surface area (Å²) in [5.74, 6) is -0.433. The molecule has 9 heteroatoms. The van der Waals surface area contributed by atoms with Crippen molar-refractivity contribution in [1.82, 2.24) is 14.9 Å². The van der Waals surface area contributed by atoms with E-state index in [9.17, 15) is 22.8 Å². The summed E-state index contributed by atoms with van der Waals surface area (Å²) < 4.78 is 40.8. The van der Waals surface area contributed by atoms with Crippen molar-refractivity contribution in [3.63, 3.8) is 0 Å². The second-order valence-corrected chi connectivity index (χ2v) is 8.19. The Morgan fingerprint density at radius 1 is 1.12 bits per heavy atom. The fourth-order valence-electron chi connectivity index (χ4n) is 4.17. The number of nitriles is 1. The molecule has 0 atom stereocenters. The maximum absolute atomic E-state index is 13.2. The maximum atomic E-state index is 13.2. The molecule has 1 heterocycles. The van der Waals surface area contributed by atoms with Gasteiger partial charge in [0, 0.05) is 18.2 Å². The van der Waals surface area contributed by atoms with Gasteiger partial charge in [-0.15, -0.1) is 0 Å². The third-order valence-electron chi connectivity index (χ3n) is 5.99. The predicted octanol–water partition coefficient (Wildman–Crippen LogP) is 4.46. The normalized spacial score (nSPS) is 18.6. The highest BCUT2D eigenvalue weighted by atomic mass is 19.4. The van der Waals surface area contributed by atoms with Crippen LogP contribution in [0.1, 0.15) is 41.7 Å². The zero-order valence-electron chi connectivity index (χ0n) is 17.6. The summed E-state index contributed by atoms with van der Waals surface area (Å²) >= 11 is 0. The van der Waals surface area contributed by atoms with Gasteiger partial charge in [0.1, 0.15) is 0 Å². The van der Waals surface area contributed by atoms with E-state index in [0.717, 1.165) is 42.4 Å². The first-order valence-electron chi connectivity index (χ1n) is 10.6. The number of carbonyl (C=O) groups excluding carboxylic acids is 1. The van der Waals surface area contributed by atoms with Crippen LogP contribution in [0.15, 0.2) is 53.3 Å². The molecule has 0 spiro atoms. The van der Waals surface area contributed by atoms with Crippen molar-refractivity contribution in [1.29, 1.82) is 5.26 Å². The van der Waals surface area contributed by atoms with Crippen molar-refractivity contribution in [3.05, 3.63) is 70.1 Å². The average molecular weight is 454 g/mol. The number of rotatable bonds is 4. The Morgan fingerprint density at radius 3 is 2.55 bits per heavy atom. The number of aromatic nitrogens is 2. The minimum absolute atomic E-state index is 0.00250. The molecule has 4 rings (SSSR count). The standard InChI is InChI=1S/C24H21F3N4O2/c25-24(26,27)17-4-3-5-18(12-17)31-20-7-2-1-6-19(20)30-21(23(31)33)22(32)29-14-16-10-8-15(13-28)9-11-16/h1-7,12,15-16H,8-11,14H2,(H,29,32). The Labute approximate surface area is 187 Å². The van der Waals surface area contributed by atoms with Crippen LogP contribution in [-0.4, -0.2) is 22.0 Å². The van der Waals surface area contributed by atoms with Crippen molar-refractivity contribution in [2.45, 2.75) is 31.9 Å². The van der Waals surface area contributed by atoms with Gasteiger partial charge in [-0.2, -0.15) is 18.4 Å². The van der Waals surface area contributed by atoms with Crippen molar-refractivity contribution in [3.8, 4) is 11.8 Å². The zero-order valence-corrected chi connectivity index (χ0v) is 17.6. The van der Waals surface area contributed by atoms with Gasteiger partial charge in [0.05, 0.1) is 22.7 Å². The molecular formula is C24H21F3N4O2. The summed E-state index contributed by atoms with van der Waals surface area (Å²) in [5.41, 5.74) is -1.46. The highest BCUT2D eigenvalue weighted by Gasteiger charge is 2.31. The van der Waals surface area contributed by atoms with Gasteiger partial charge in [0.15, 0.2) is 5.69 Å². The lowest BCUT2D eigenvalue weighted by atomic mass is 9.83. The SMILES string of the molecule is N#CC1CCC(CNC(=O)c2nc3ccccc3n(-c3cccc(C(F)(F)F)c3)c2=O)CC1. The van der Waals surface area contributed by atoms with E-state index in [1.165, 1.54) is 12.1 Å². The molecule has 3 aromatic rings. The highest BCUT2D eigenvalue weighted by Crippen LogP contribution is 2.31. The van der Waals surface area contributed by atoms with E-state index in [1.54, 1.807) is 24.3 Å². The second-order valence-electron chi connectivity index (χ2n) is 8.19. The summed E-state index contributed by atoms with van der Waals surface area (Å²) in [7, 11) is 0. The van der Waals surface area contributed by atoms with E-state index < -0.39 is 23.2 Å². The number of alkyl halides is 3. The molecule has 1 fully saturated rings. The molecule has 1 saturated carbocycles. The van der Waals surface area contributed by atoms with E-state index in [1.807, 2.05) is 0 Å². The van der Waals surface area contributed by atoms with E-state index in [-0.39, 0.29) is 23.2 Å². The van der Waals surface area contributed by atoms with Crippen LogP contribution in [0.2, 0.25) is 0 Å². The lowest BCUT2D eigenvalue weighted by Gasteiger charge is -2.24. The lowest BCUT2D eigenvalue weighted by Crippen LogP contribution is -2.37. The van der Waals surface area contributed by atoms with Crippen LogP contribution in [0.5, 0.6) is 0 Å². The smallest absolute Gasteiger partial charge is 0.350 e. The van der Waals surface area contributed by atoms with Crippen molar-refractivity contribution >= 4 is 16.9 Å². The van der Waals surface area contributed by atoms with Gasteiger partial charge in [-0.1, -0.05) is 18.2 Å². The molecule has 0 aliphatic heterocycles. The Morgan fingerprint density at radius 2 is 1.85 bits per heavy atom. The largest absolute Gasteiger partial charge is 0.416 e. The number of nitrogens with zero attached hydrogens (tertiary/aromatic N) is 3. The molecule has 1 N–H and O–H groups in total. The molecule has 1 aromatic heterocycles. The Bertz CT molecular complexity index is 1290. The predicted molar refractivity (Wildman–Crippen MR) is 116 cm³/mol. The molecule has 1 aliphatic carbocycles. The molecule has 0 saturated heterocycles. The summed E-state index contributed by atoms with van der Waals surface area (Å²) in [6.45, 7) is 0.342. The van der Waals surface area contributed by atoms with Crippen molar-refractivity contribution < 1.29 is 18.0 Å². The Kier molecular flexibility index (Phi) is 6.18. The van der Waals surface area contributed by atoms with Gasteiger partial charge in [0.2, 0.25) is 0 Å². The molecule has 1 amide bonds. The van der Waals surface area contributed by atoms with Gasteiger partial charge >= 0.3 is 6.18 Å². The fourth-order valence-corrected chi connectivity index (χ4v) is 4.17. The number of amides is 1. The Hall–Kier alpha value is -3.67. The summed E-state index contributed by atoms with van der Waals surface area (Å²) in [6, 6.07) is 13.2. The maximum Gasteiger partial charge on any atom is 0.416 e. The third-order valence-corrected chi connectivity index (χ3v) is 5.99. The molecule has 0 radical (unpaired) electrons. The van der Waals surface area contributed by atoms with Crippen molar-refractivity contribution in [2.24, 2.45) is 11.8 Å². The van der Waals surface area contributed by atoms with E-state index in [2.05, 4.69) is 16.4 Å². The van der Waals surface area contributed by atoms with Crippen LogP contribution >= 0.6 is 0 Å². The van der Waals surface area contributed by atoms with Gasteiger partial charge in [-0.05, 0) is 61.9 Å². The molecule has 2 aromatic carbocycles. The third kappa shape index (κ3) is 4.75. The first-order valence-corrected chi connectivity index (χ1v) is 10.6. The number of carbonyl (C=O) groups is 1. The van der Waals surface area contributed by atoms with Crippen LogP contribution in [0.25, 0.3) is 16.7 Å². The van der Waals surface area contributed by atoms with E-state index in [4.69, 9.17) is 5.26 Å². The zero-order chi connectivity index (χ0) is 23.6. The summed E-state index contributed by atoms with van der Waals surface area (Å²) in [6.07, 6.45) is -1.43. The second kappa shape index (κ2) is 9.06. The number of halogens is 3. The van der Waals surface area contributed by atoms with Crippen LogP contribution in [0, 0.1) is 23.2 Å². The molecule has 0 bridgehead atoms. The molecule has 33 heavy (non-hydrogen) atoms. The molecule has 0 unspecified atom stereocenters. The van der Waals surface area contributed by atoms with Gasteiger partial charge < -0.3 is 5.32 Å². The fraction of sp³-hybridized carbons (Fsp3) is 0.333. The van der Waals surface area contributed by atoms with Crippen LogP contribution in [0.4, 0.5) is 13.2 Å². The minimum Gasteiger partial charge on any atom is -0.350 e. The van der Waals surface area contributed by atoms with Crippen LogP contribution < -0.4 is 10.9 Å². The summed E-state index contributed by atoms with van der Waals surface area (Å²) in [4.78, 5) is 30.3. The molecule has 1 aliphatic rings. The Balaban J connectivity index is 1.68. The van der Waals surface area contributed by atoms with Crippen LogP contribution in [0.3, 0.4) is 0 Å². The highest BCUT2D eigenvalue weighted by molar-refractivity contribution is 5.94. The monoisotopic (exact) mass is 454 g/mol. The number of benzene rings is 2. The quantitative estimate of drug-likeness (QED) is 0.630. The average Bonchev–Trinajstić information content (AvgIpc) is 2.82. The number of para-hydroxylation sites is 2. The first kappa shape index (κ1) is 22.5. The molecule has 170 valence electrons.